The Morgan fingerprint density at radius 1 is 0.783 bits per heavy atom. The van der Waals surface area contributed by atoms with Crippen molar-refractivity contribution >= 4 is 28.1 Å². The number of hydrogen-bond donors (Lipinski definition) is 0. The lowest BCUT2D eigenvalue weighted by Crippen LogP contribution is -2.01. The van der Waals surface area contributed by atoms with Gasteiger partial charge in [-0.25, -0.2) is 0 Å². The molecule has 0 aliphatic carbocycles. The molecule has 0 spiro atoms. The number of rotatable bonds is 2. The molecular weight excluding hydrogens is 282 g/mol. The lowest BCUT2D eigenvalue weighted by atomic mass is 10.0. The quantitative estimate of drug-likeness (QED) is 0.465. The fourth-order valence-corrected chi connectivity index (χ4v) is 3.57. The SMILES string of the molecule is Cc1cc(C=O)cc(C)c1-n1c2ccccc2c2ccccc21. The van der Waals surface area contributed by atoms with E-state index in [0.29, 0.717) is 0 Å². The van der Waals surface area contributed by atoms with E-state index >= 15 is 0 Å². The maximum absolute atomic E-state index is 11.1. The number of hydrogen-bond acceptors (Lipinski definition) is 1. The molecule has 0 saturated carbocycles. The molecule has 0 aliphatic rings. The predicted molar refractivity (Wildman–Crippen MR) is 95.6 cm³/mol. The third-order valence-electron chi connectivity index (χ3n) is 4.45. The van der Waals surface area contributed by atoms with Crippen LogP contribution in [0.2, 0.25) is 0 Å². The van der Waals surface area contributed by atoms with Crippen molar-refractivity contribution in [3.05, 3.63) is 77.4 Å². The van der Waals surface area contributed by atoms with Crippen LogP contribution in [0.5, 0.6) is 0 Å². The van der Waals surface area contributed by atoms with Crippen LogP contribution in [0.25, 0.3) is 27.5 Å². The predicted octanol–water partition coefficient (Wildman–Crippen LogP) is 5.21. The molecule has 0 aliphatic heterocycles. The Balaban J connectivity index is 2.19. The highest BCUT2D eigenvalue weighted by atomic mass is 16.1. The molecule has 0 saturated heterocycles. The third-order valence-corrected chi connectivity index (χ3v) is 4.45. The first kappa shape index (κ1) is 13.8. The standard InChI is InChI=1S/C21H17NO/c1-14-11-16(13-23)12-15(2)21(14)22-19-9-5-3-7-17(19)18-8-4-6-10-20(18)22/h3-13H,1-2H3. The number of carbonyl (C=O) groups excluding carboxylic acids is 1. The molecular formula is C21H17NO. The highest BCUT2D eigenvalue weighted by molar-refractivity contribution is 6.09. The molecule has 0 radical (unpaired) electrons. The van der Waals surface area contributed by atoms with Gasteiger partial charge in [-0.15, -0.1) is 0 Å². The van der Waals surface area contributed by atoms with Crippen molar-refractivity contribution in [2.24, 2.45) is 0 Å². The van der Waals surface area contributed by atoms with Crippen molar-refractivity contribution in [1.82, 2.24) is 4.57 Å². The number of aldehydes is 1. The molecule has 4 aromatic rings. The first-order chi connectivity index (χ1) is 11.2. The van der Waals surface area contributed by atoms with Gasteiger partial charge in [0, 0.05) is 16.3 Å². The zero-order valence-corrected chi connectivity index (χ0v) is 13.2. The average Bonchev–Trinajstić information content (AvgIpc) is 2.89. The minimum atomic E-state index is 0.726. The van der Waals surface area contributed by atoms with Crippen molar-refractivity contribution in [1.29, 1.82) is 0 Å². The van der Waals surface area contributed by atoms with Crippen molar-refractivity contribution in [3.63, 3.8) is 0 Å². The number of para-hydroxylation sites is 2. The molecule has 2 nitrogen and oxygen atoms in total. The number of aromatic nitrogens is 1. The van der Waals surface area contributed by atoms with Gasteiger partial charge in [-0.2, -0.15) is 0 Å². The zero-order chi connectivity index (χ0) is 16.0. The smallest absolute Gasteiger partial charge is 0.150 e. The highest BCUT2D eigenvalue weighted by Gasteiger charge is 2.15. The maximum atomic E-state index is 11.1. The van der Waals surface area contributed by atoms with E-state index in [2.05, 4.69) is 66.9 Å². The van der Waals surface area contributed by atoms with Crippen LogP contribution in [0.15, 0.2) is 60.7 Å². The Labute approximate surface area is 135 Å². The Kier molecular flexibility index (Phi) is 3.05. The second-order valence-electron chi connectivity index (χ2n) is 5.99. The summed E-state index contributed by atoms with van der Waals surface area (Å²) in [4.78, 5) is 11.1. The summed E-state index contributed by atoms with van der Waals surface area (Å²) in [6.45, 7) is 4.14. The van der Waals surface area contributed by atoms with Crippen molar-refractivity contribution in [3.8, 4) is 5.69 Å². The molecule has 2 heteroatoms. The Morgan fingerprint density at radius 2 is 1.26 bits per heavy atom. The van der Waals surface area contributed by atoms with Crippen molar-refractivity contribution in [2.45, 2.75) is 13.8 Å². The molecule has 0 fully saturated rings. The second-order valence-corrected chi connectivity index (χ2v) is 5.99. The summed E-state index contributed by atoms with van der Waals surface area (Å²) >= 11 is 0. The topological polar surface area (TPSA) is 22.0 Å². The zero-order valence-electron chi connectivity index (χ0n) is 13.2. The van der Waals surface area contributed by atoms with Gasteiger partial charge in [0.15, 0.2) is 0 Å². The summed E-state index contributed by atoms with van der Waals surface area (Å²) in [6.07, 6.45) is 0.912. The molecule has 0 amide bonds. The van der Waals surface area contributed by atoms with Gasteiger partial charge in [0.2, 0.25) is 0 Å². The Morgan fingerprint density at radius 3 is 1.74 bits per heavy atom. The number of fused-ring (bicyclic) bond motifs is 3. The largest absolute Gasteiger partial charge is 0.309 e. The summed E-state index contributed by atoms with van der Waals surface area (Å²) < 4.78 is 2.31. The van der Waals surface area contributed by atoms with Gasteiger partial charge in [0.05, 0.1) is 16.7 Å². The van der Waals surface area contributed by atoms with E-state index in [1.165, 1.54) is 21.8 Å². The molecule has 0 unspecified atom stereocenters. The van der Waals surface area contributed by atoms with E-state index < -0.39 is 0 Å². The van der Waals surface area contributed by atoms with Gasteiger partial charge in [0.1, 0.15) is 6.29 Å². The molecule has 0 bridgehead atoms. The van der Waals surface area contributed by atoms with E-state index in [1.807, 2.05) is 12.1 Å². The monoisotopic (exact) mass is 299 g/mol. The number of aryl methyl sites for hydroxylation is 2. The summed E-state index contributed by atoms with van der Waals surface area (Å²) in [6, 6.07) is 20.9. The van der Waals surface area contributed by atoms with Gasteiger partial charge in [-0.1, -0.05) is 36.4 Å². The van der Waals surface area contributed by atoms with Crippen LogP contribution >= 0.6 is 0 Å². The minimum Gasteiger partial charge on any atom is -0.309 e. The van der Waals surface area contributed by atoms with Gasteiger partial charge in [-0.05, 0) is 49.2 Å². The summed E-state index contributed by atoms with van der Waals surface area (Å²) in [5.74, 6) is 0. The van der Waals surface area contributed by atoms with E-state index in [4.69, 9.17) is 0 Å². The van der Waals surface area contributed by atoms with Gasteiger partial charge in [0.25, 0.3) is 0 Å². The van der Waals surface area contributed by atoms with Crippen molar-refractivity contribution < 1.29 is 4.79 Å². The van der Waals surface area contributed by atoms with Crippen LogP contribution in [-0.4, -0.2) is 10.9 Å². The molecule has 0 N–H and O–H groups in total. The lowest BCUT2D eigenvalue weighted by Gasteiger charge is -2.15. The number of nitrogens with zero attached hydrogens (tertiary/aromatic N) is 1. The third kappa shape index (κ3) is 1.99. The van der Waals surface area contributed by atoms with Gasteiger partial charge < -0.3 is 4.57 Å². The summed E-state index contributed by atoms with van der Waals surface area (Å²) in [5, 5.41) is 2.50. The van der Waals surface area contributed by atoms with Gasteiger partial charge >= 0.3 is 0 Å². The van der Waals surface area contributed by atoms with Crippen LogP contribution in [0.1, 0.15) is 21.5 Å². The summed E-state index contributed by atoms with van der Waals surface area (Å²) in [7, 11) is 0. The first-order valence-electron chi connectivity index (χ1n) is 7.75. The van der Waals surface area contributed by atoms with E-state index in [0.717, 1.165) is 28.7 Å². The molecule has 4 rings (SSSR count). The first-order valence-corrected chi connectivity index (χ1v) is 7.75. The molecule has 3 aromatic carbocycles. The molecule has 1 aromatic heterocycles. The number of benzene rings is 3. The Bertz CT molecular complexity index is 980. The van der Waals surface area contributed by atoms with Crippen LogP contribution in [0.4, 0.5) is 0 Å². The van der Waals surface area contributed by atoms with E-state index in [9.17, 15) is 4.79 Å². The molecule has 23 heavy (non-hydrogen) atoms. The minimum absolute atomic E-state index is 0.726. The fourth-order valence-electron chi connectivity index (χ4n) is 3.57. The molecule has 1 heterocycles. The van der Waals surface area contributed by atoms with Crippen LogP contribution in [0, 0.1) is 13.8 Å². The average molecular weight is 299 g/mol. The fraction of sp³-hybridized carbons (Fsp3) is 0.0952. The van der Waals surface area contributed by atoms with Crippen molar-refractivity contribution in [2.75, 3.05) is 0 Å². The summed E-state index contributed by atoms with van der Waals surface area (Å²) in [5.41, 5.74) is 6.49. The molecule has 0 atom stereocenters. The maximum Gasteiger partial charge on any atom is 0.150 e. The molecule has 112 valence electrons. The van der Waals surface area contributed by atoms with E-state index in [-0.39, 0.29) is 0 Å². The van der Waals surface area contributed by atoms with Crippen LogP contribution in [0.3, 0.4) is 0 Å². The van der Waals surface area contributed by atoms with E-state index in [1.54, 1.807) is 0 Å². The van der Waals surface area contributed by atoms with Crippen LogP contribution in [-0.2, 0) is 0 Å². The number of carbonyl (C=O) groups is 1. The lowest BCUT2D eigenvalue weighted by molar-refractivity contribution is 0.112. The second kappa shape index (κ2) is 5.10. The Hall–Kier alpha value is -2.87. The highest BCUT2D eigenvalue weighted by Crippen LogP contribution is 2.34. The van der Waals surface area contributed by atoms with Crippen LogP contribution < -0.4 is 0 Å². The normalized spacial score (nSPS) is 11.2. The van der Waals surface area contributed by atoms with Gasteiger partial charge in [-0.3, -0.25) is 4.79 Å².